The van der Waals surface area contributed by atoms with Crippen LogP contribution in [0.5, 0.6) is 0 Å². The highest BCUT2D eigenvalue weighted by molar-refractivity contribution is 6.28. The Hall–Kier alpha value is -3.64. The van der Waals surface area contributed by atoms with Gasteiger partial charge in [0.05, 0.1) is 24.8 Å². The number of nitrogens with one attached hydrogen (secondary N) is 1. The van der Waals surface area contributed by atoms with Crippen LogP contribution in [0.25, 0.3) is 11.0 Å². The summed E-state index contributed by atoms with van der Waals surface area (Å²) >= 11 is 6.28. The molecule has 0 saturated carbocycles. The molecular formula is C32H46ClN5O12. The number of anilines is 1. The Bertz CT molecular complexity index is 1600. The Balaban J connectivity index is 1.76. The molecule has 0 bridgehead atoms. The largest absolute Gasteiger partial charge is 0.458 e. The summed E-state index contributed by atoms with van der Waals surface area (Å²) < 4.78 is 48.2. The maximum absolute atomic E-state index is 13.2. The molecule has 0 aliphatic carbocycles. The number of rotatable bonds is 8. The lowest BCUT2D eigenvalue weighted by atomic mass is 9.92. The third-order valence-electron chi connectivity index (χ3n) is 6.91. The van der Waals surface area contributed by atoms with Crippen molar-refractivity contribution in [3.05, 3.63) is 11.5 Å². The van der Waals surface area contributed by atoms with E-state index in [0.29, 0.717) is 0 Å². The number of aromatic nitrogens is 4. The van der Waals surface area contributed by atoms with Crippen LogP contribution in [0.4, 0.5) is 10.6 Å². The monoisotopic (exact) mass is 727 g/mol. The number of fused-ring (bicyclic) bond motifs is 1. The standard InChI is InChI=1S/C32H46ClN5O12/c1-16(39)45-20-23(38-22-17(13-34-38)21(35-26(33)37-22)36-27(42)49-30(8,9)10)46-18(32(20)15-44-31(11,12)50-32)14-43-19(24(40)47-28(2,3)4)25(41)48-29(5,6)7/h13,18-20,23H,14-15H2,1-12H3,(H,35,36,37,42)/t18-,20+,23-,32?/m1/s1. The lowest BCUT2D eigenvalue weighted by Gasteiger charge is -2.34. The van der Waals surface area contributed by atoms with E-state index in [9.17, 15) is 19.2 Å². The van der Waals surface area contributed by atoms with Gasteiger partial charge in [-0.15, -0.1) is 0 Å². The predicted octanol–water partition coefficient (Wildman–Crippen LogP) is 4.25. The van der Waals surface area contributed by atoms with Gasteiger partial charge in [0.25, 0.3) is 6.10 Å². The van der Waals surface area contributed by atoms with Gasteiger partial charge in [0.1, 0.15) is 22.9 Å². The van der Waals surface area contributed by atoms with Gasteiger partial charge in [-0.3, -0.25) is 10.1 Å². The average Bonchev–Trinajstić information content (AvgIpc) is 3.54. The van der Waals surface area contributed by atoms with Gasteiger partial charge in [-0.05, 0) is 87.8 Å². The predicted molar refractivity (Wildman–Crippen MR) is 175 cm³/mol. The molecule has 1 N–H and O–H groups in total. The normalized spacial score (nSPS) is 23.7. The summed E-state index contributed by atoms with van der Waals surface area (Å²) in [7, 11) is 0. The van der Waals surface area contributed by atoms with E-state index >= 15 is 0 Å². The van der Waals surface area contributed by atoms with Gasteiger partial charge in [-0.1, -0.05) is 0 Å². The molecule has 1 unspecified atom stereocenters. The number of nitrogens with zero attached hydrogens (tertiary/aromatic N) is 4. The van der Waals surface area contributed by atoms with Crippen molar-refractivity contribution in [1.82, 2.24) is 19.7 Å². The van der Waals surface area contributed by atoms with Crippen molar-refractivity contribution in [3.63, 3.8) is 0 Å². The second kappa shape index (κ2) is 13.8. The minimum Gasteiger partial charge on any atom is -0.458 e. The maximum Gasteiger partial charge on any atom is 0.413 e. The van der Waals surface area contributed by atoms with Gasteiger partial charge in [-0.2, -0.15) is 15.1 Å². The first-order valence-corrected chi connectivity index (χ1v) is 16.3. The van der Waals surface area contributed by atoms with Crippen LogP contribution >= 0.6 is 11.6 Å². The molecule has 2 aliphatic rings. The molecule has 1 amide bonds. The smallest absolute Gasteiger partial charge is 0.413 e. The van der Waals surface area contributed by atoms with Crippen LogP contribution < -0.4 is 5.32 Å². The van der Waals surface area contributed by atoms with Gasteiger partial charge in [0.15, 0.2) is 35.2 Å². The van der Waals surface area contributed by atoms with E-state index in [2.05, 4.69) is 20.4 Å². The second-order valence-corrected chi connectivity index (χ2v) is 15.7. The molecular weight excluding hydrogens is 682 g/mol. The molecule has 4 rings (SSSR count). The fourth-order valence-corrected chi connectivity index (χ4v) is 5.46. The molecule has 18 heteroatoms. The third-order valence-corrected chi connectivity index (χ3v) is 7.08. The topological polar surface area (TPSA) is 198 Å². The number of esters is 3. The molecule has 2 saturated heterocycles. The summed E-state index contributed by atoms with van der Waals surface area (Å²) in [5.41, 5.74) is -4.17. The highest BCUT2D eigenvalue weighted by Crippen LogP contribution is 2.49. The molecule has 1 spiro atoms. The van der Waals surface area contributed by atoms with E-state index in [0.717, 1.165) is 0 Å². The number of halogens is 1. The Labute approximate surface area is 294 Å². The summed E-state index contributed by atoms with van der Waals surface area (Å²) in [6.45, 7) is 18.9. The van der Waals surface area contributed by atoms with Crippen LogP contribution in [0.2, 0.25) is 5.28 Å². The SMILES string of the molecule is CC(=O)O[C@H]1[C@H](n2ncc3c(NC(=O)OC(C)(C)C)nc(Cl)nc32)O[C@H](COC(C(=O)OC(C)(C)C)C(=O)OC(C)(C)C)C12COC(C)(C)O2. The quantitative estimate of drug-likeness (QED) is 0.175. The zero-order valence-electron chi connectivity index (χ0n) is 30.4. The van der Waals surface area contributed by atoms with Crippen molar-refractivity contribution in [2.45, 2.75) is 136 Å². The fourth-order valence-electron chi connectivity index (χ4n) is 5.29. The highest BCUT2D eigenvalue weighted by atomic mass is 35.5. The Morgan fingerprint density at radius 2 is 1.56 bits per heavy atom. The average molecular weight is 728 g/mol. The molecule has 2 aromatic rings. The Morgan fingerprint density at radius 3 is 2.06 bits per heavy atom. The van der Waals surface area contributed by atoms with Crippen LogP contribution in [-0.2, 0) is 52.3 Å². The van der Waals surface area contributed by atoms with Crippen LogP contribution in [0.3, 0.4) is 0 Å². The van der Waals surface area contributed by atoms with Crippen LogP contribution in [-0.4, -0.2) is 103 Å². The molecule has 4 heterocycles. The summed E-state index contributed by atoms with van der Waals surface area (Å²) in [5.74, 6) is -3.84. The van der Waals surface area contributed by atoms with Gasteiger partial charge >= 0.3 is 24.0 Å². The van der Waals surface area contributed by atoms with Crippen molar-refractivity contribution in [1.29, 1.82) is 0 Å². The number of ether oxygens (including phenoxy) is 8. The van der Waals surface area contributed by atoms with Gasteiger partial charge in [-0.25, -0.2) is 19.1 Å². The molecule has 2 aliphatic heterocycles. The van der Waals surface area contributed by atoms with E-state index in [1.165, 1.54) is 17.8 Å². The van der Waals surface area contributed by atoms with Crippen molar-refractivity contribution < 1.29 is 57.1 Å². The van der Waals surface area contributed by atoms with E-state index in [1.54, 1.807) is 76.2 Å². The molecule has 0 radical (unpaired) electrons. The summed E-state index contributed by atoms with van der Waals surface area (Å²) in [6, 6.07) is 0. The molecule has 4 atom stereocenters. The third kappa shape index (κ3) is 9.37. The molecule has 2 aromatic heterocycles. The van der Waals surface area contributed by atoms with Crippen LogP contribution in [0, 0.1) is 0 Å². The first kappa shape index (κ1) is 39.2. The fraction of sp³-hybridized carbons (Fsp3) is 0.719. The lowest BCUT2D eigenvalue weighted by molar-refractivity contribution is -0.206. The van der Waals surface area contributed by atoms with E-state index in [4.69, 9.17) is 49.5 Å². The number of amides is 1. The first-order chi connectivity index (χ1) is 22.8. The Kier molecular flexibility index (Phi) is 10.8. The van der Waals surface area contributed by atoms with E-state index in [1.807, 2.05) is 0 Å². The zero-order valence-corrected chi connectivity index (χ0v) is 31.1. The van der Waals surface area contributed by atoms with Crippen LogP contribution in [0.15, 0.2) is 6.20 Å². The molecule has 50 heavy (non-hydrogen) atoms. The molecule has 2 fully saturated rings. The highest BCUT2D eigenvalue weighted by Gasteiger charge is 2.66. The zero-order chi connectivity index (χ0) is 37.6. The maximum atomic E-state index is 13.2. The minimum absolute atomic E-state index is 0.00345. The first-order valence-electron chi connectivity index (χ1n) is 15.9. The van der Waals surface area contributed by atoms with Gasteiger partial charge in [0, 0.05) is 6.92 Å². The number of carbonyl (C=O) groups excluding carboxylic acids is 4. The van der Waals surface area contributed by atoms with Crippen molar-refractivity contribution in [2.75, 3.05) is 18.5 Å². The molecule has 0 aromatic carbocycles. The van der Waals surface area contributed by atoms with Crippen molar-refractivity contribution >= 4 is 52.5 Å². The van der Waals surface area contributed by atoms with Crippen LogP contribution in [0.1, 0.15) is 89.3 Å². The summed E-state index contributed by atoms with van der Waals surface area (Å²) in [6.07, 6.45) is -4.91. The molecule has 278 valence electrons. The number of hydrogen-bond acceptors (Lipinski definition) is 15. The van der Waals surface area contributed by atoms with E-state index in [-0.39, 0.29) is 28.7 Å². The lowest BCUT2D eigenvalue weighted by Crippen LogP contribution is -2.54. The van der Waals surface area contributed by atoms with Gasteiger partial charge < -0.3 is 37.9 Å². The summed E-state index contributed by atoms with van der Waals surface area (Å²) in [5, 5.41) is 6.99. The van der Waals surface area contributed by atoms with E-state index < -0.39 is 83.3 Å². The van der Waals surface area contributed by atoms with Crippen molar-refractivity contribution in [3.8, 4) is 0 Å². The number of carbonyl (C=O) groups is 4. The van der Waals surface area contributed by atoms with Crippen molar-refractivity contribution in [2.24, 2.45) is 0 Å². The second-order valence-electron chi connectivity index (χ2n) is 15.4. The minimum atomic E-state index is -1.81. The Morgan fingerprint density at radius 1 is 0.980 bits per heavy atom. The molecule has 17 nitrogen and oxygen atoms in total. The number of hydrogen-bond donors (Lipinski definition) is 1. The van der Waals surface area contributed by atoms with Gasteiger partial charge in [0.2, 0.25) is 5.28 Å². The summed E-state index contributed by atoms with van der Waals surface area (Å²) in [4.78, 5) is 60.1.